The number of ether oxygens (including phenoxy) is 2. The maximum atomic E-state index is 13.1. The van der Waals surface area contributed by atoms with Crippen LogP contribution in [0.4, 0.5) is 0 Å². The molecular weight excluding hydrogens is 439 g/mol. The zero-order valence-electron chi connectivity index (χ0n) is 14.7. The first-order valence-corrected chi connectivity index (χ1v) is 10.1. The minimum absolute atomic E-state index is 0.0267. The van der Waals surface area contributed by atoms with E-state index in [2.05, 4.69) is 0 Å². The van der Waals surface area contributed by atoms with E-state index in [1.54, 1.807) is 24.3 Å². The lowest BCUT2D eigenvalue weighted by atomic mass is 9.72. The van der Waals surface area contributed by atoms with Crippen LogP contribution in [0.1, 0.15) is 11.1 Å². The molecule has 1 aliphatic carbocycles. The first-order chi connectivity index (χ1) is 13.8. The number of carbonyl (C=O) groups excluding carboxylic acids is 1. The number of allylic oxidation sites excluding steroid dienone is 3. The van der Waals surface area contributed by atoms with E-state index in [0.29, 0.717) is 22.3 Å². The van der Waals surface area contributed by atoms with E-state index in [-0.39, 0.29) is 28.9 Å². The van der Waals surface area contributed by atoms with Gasteiger partial charge >= 0.3 is 5.97 Å². The van der Waals surface area contributed by atoms with Crippen molar-refractivity contribution >= 4 is 40.8 Å². The number of alkyl halides is 3. The zero-order valence-corrected chi connectivity index (χ0v) is 16.9. The van der Waals surface area contributed by atoms with Crippen LogP contribution < -0.4 is 4.74 Å². The molecule has 148 valence electrons. The molecule has 1 spiro atoms. The van der Waals surface area contributed by atoms with Crippen molar-refractivity contribution in [2.24, 2.45) is 0 Å². The second-order valence-corrected chi connectivity index (χ2v) is 8.36. The van der Waals surface area contributed by atoms with E-state index >= 15 is 0 Å². The molecule has 0 saturated carbocycles. The second kappa shape index (κ2) is 6.08. The number of esters is 1. The van der Waals surface area contributed by atoms with Gasteiger partial charge in [-0.05, 0) is 29.8 Å². The Balaban J connectivity index is 1.87. The molecule has 0 amide bonds. The van der Waals surface area contributed by atoms with Gasteiger partial charge in [-0.15, -0.1) is 23.2 Å². The molecule has 2 aromatic rings. The Morgan fingerprint density at radius 3 is 2.14 bits per heavy atom. The van der Waals surface area contributed by atoms with Crippen molar-refractivity contribution in [1.82, 2.24) is 0 Å². The van der Waals surface area contributed by atoms with E-state index in [1.807, 2.05) is 0 Å². The Bertz CT molecular complexity index is 1090. The molecule has 8 heteroatoms. The van der Waals surface area contributed by atoms with Gasteiger partial charge in [0.15, 0.2) is 10.5 Å². The highest BCUT2D eigenvalue weighted by atomic mass is 35.5. The van der Waals surface area contributed by atoms with Crippen molar-refractivity contribution in [3.63, 3.8) is 0 Å². The quantitative estimate of drug-likeness (QED) is 0.486. The Morgan fingerprint density at radius 1 is 1.00 bits per heavy atom. The van der Waals surface area contributed by atoms with Crippen LogP contribution >= 0.6 is 34.8 Å². The number of hydrogen-bond donors (Lipinski definition) is 2. The van der Waals surface area contributed by atoms with Gasteiger partial charge in [-0.2, -0.15) is 0 Å². The summed E-state index contributed by atoms with van der Waals surface area (Å²) in [5, 5.41) is 19.0. The summed E-state index contributed by atoms with van der Waals surface area (Å²) in [6.07, 6.45) is 3.44. The Morgan fingerprint density at radius 2 is 1.59 bits per heavy atom. The molecule has 2 aliphatic heterocycles. The highest BCUT2D eigenvalue weighted by Crippen LogP contribution is 2.63. The third kappa shape index (κ3) is 2.26. The van der Waals surface area contributed by atoms with Gasteiger partial charge in [-0.1, -0.05) is 23.8 Å². The predicted octanol–water partition coefficient (Wildman–Crippen LogP) is 4.69. The number of fused-ring (bicyclic) bond motifs is 6. The Labute approximate surface area is 180 Å². The number of aromatic hydroxyl groups is 2. The highest BCUT2D eigenvalue weighted by Gasteiger charge is 2.68. The average molecular weight is 452 g/mol. The molecule has 2 N–H and O–H groups in total. The van der Waals surface area contributed by atoms with Gasteiger partial charge in [0, 0.05) is 34.7 Å². The molecule has 2 heterocycles. The molecule has 29 heavy (non-hydrogen) atoms. The number of halogens is 3. The van der Waals surface area contributed by atoms with Crippen molar-refractivity contribution in [3.8, 4) is 23.0 Å². The molecule has 0 aromatic heterocycles. The van der Waals surface area contributed by atoms with Crippen LogP contribution in [-0.2, 0) is 15.1 Å². The van der Waals surface area contributed by atoms with E-state index in [1.165, 1.54) is 24.3 Å². The smallest absolute Gasteiger partial charge is 0.335 e. The predicted molar refractivity (Wildman–Crippen MR) is 108 cm³/mol. The lowest BCUT2D eigenvalue weighted by Gasteiger charge is -2.39. The Kier molecular flexibility index (Phi) is 3.92. The van der Waals surface area contributed by atoms with Crippen LogP contribution in [0.5, 0.6) is 23.0 Å². The van der Waals surface area contributed by atoms with E-state index in [4.69, 9.17) is 44.3 Å². The molecule has 2 aromatic carbocycles. The lowest BCUT2D eigenvalue weighted by Crippen LogP contribution is -2.44. The number of hydrogen-bond acceptors (Lipinski definition) is 5. The van der Waals surface area contributed by atoms with Crippen molar-refractivity contribution < 1.29 is 24.5 Å². The van der Waals surface area contributed by atoms with Gasteiger partial charge in [-0.25, -0.2) is 4.79 Å². The summed E-state index contributed by atoms with van der Waals surface area (Å²) in [6, 6.07) is 8.99. The molecule has 0 bridgehead atoms. The number of rotatable bonds is 1. The van der Waals surface area contributed by atoms with Crippen molar-refractivity contribution in [2.45, 2.75) is 15.9 Å². The lowest BCUT2D eigenvalue weighted by molar-refractivity contribution is -0.147. The molecule has 5 nitrogen and oxygen atoms in total. The fourth-order valence-electron chi connectivity index (χ4n) is 4.19. The third-order valence-corrected chi connectivity index (χ3v) is 7.12. The summed E-state index contributed by atoms with van der Waals surface area (Å²) in [7, 11) is 0. The average Bonchev–Trinajstić information content (AvgIpc) is 2.91. The molecule has 0 radical (unpaired) electrons. The van der Waals surface area contributed by atoms with Crippen LogP contribution in [0.2, 0.25) is 0 Å². The topological polar surface area (TPSA) is 76.0 Å². The van der Waals surface area contributed by atoms with E-state index in [0.717, 1.165) is 0 Å². The summed E-state index contributed by atoms with van der Waals surface area (Å²) in [4.78, 5) is 11.5. The third-order valence-electron chi connectivity index (χ3n) is 5.52. The van der Waals surface area contributed by atoms with Crippen LogP contribution in [0, 0.1) is 0 Å². The summed E-state index contributed by atoms with van der Waals surface area (Å²) in [6.45, 7) is 0. The monoisotopic (exact) mass is 450 g/mol. The fourth-order valence-corrected chi connectivity index (χ4v) is 5.25. The van der Waals surface area contributed by atoms with E-state index in [9.17, 15) is 15.0 Å². The molecular formula is C21H13Cl3O5. The summed E-state index contributed by atoms with van der Waals surface area (Å²) in [5.41, 5.74) is 0.576. The van der Waals surface area contributed by atoms with Crippen molar-refractivity contribution in [1.29, 1.82) is 0 Å². The summed E-state index contributed by atoms with van der Waals surface area (Å²) in [5.74, 6) is -0.0969. The number of carbonyl (C=O) groups is 1. The zero-order chi connectivity index (χ0) is 20.6. The van der Waals surface area contributed by atoms with Crippen molar-refractivity contribution in [2.75, 3.05) is 5.88 Å². The number of phenolic OH excluding ortho intramolecular Hbond substituents is 2. The Hall–Kier alpha value is -2.34. The highest BCUT2D eigenvalue weighted by molar-refractivity contribution is 6.44. The van der Waals surface area contributed by atoms with Gasteiger partial charge < -0.3 is 19.7 Å². The molecule has 1 saturated heterocycles. The summed E-state index contributed by atoms with van der Waals surface area (Å²) >= 11 is 19.4. The standard InChI is InChI=1S/C21H13Cl3O5/c22-9-10-1-6-17-20(24,18(10)23)19(27)29-21(17)13-4-2-11(25)7-15(13)28-16-8-12(26)3-5-14(16)21/h1-8,18,25-26H,9H2. The summed E-state index contributed by atoms with van der Waals surface area (Å²) < 4.78 is 11.9. The SMILES string of the molecule is O=C1OC2(C3=CC=C(CCl)C(Cl)C13Cl)c1ccc(O)cc1Oc1cc(O)ccc12. The number of phenols is 2. The molecule has 5 rings (SSSR count). The number of benzene rings is 2. The molecule has 1 fully saturated rings. The molecule has 2 unspecified atom stereocenters. The van der Waals surface area contributed by atoms with Gasteiger partial charge in [-0.3, -0.25) is 0 Å². The van der Waals surface area contributed by atoms with Gasteiger partial charge in [0.25, 0.3) is 0 Å². The van der Waals surface area contributed by atoms with Crippen LogP contribution in [0.15, 0.2) is 59.7 Å². The van der Waals surface area contributed by atoms with Crippen LogP contribution in [0.25, 0.3) is 0 Å². The maximum absolute atomic E-state index is 13.1. The first-order valence-electron chi connectivity index (χ1n) is 8.71. The second-order valence-electron chi connectivity index (χ2n) is 7.06. The first kappa shape index (κ1) is 18.7. The van der Waals surface area contributed by atoms with Crippen LogP contribution in [-0.4, -0.2) is 32.3 Å². The normalized spacial score (nSPS) is 25.9. The van der Waals surface area contributed by atoms with Gasteiger partial charge in [0.2, 0.25) is 0 Å². The van der Waals surface area contributed by atoms with Crippen LogP contribution in [0.3, 0.4) is 0 Å². The fraction of sp³-hybridized carbons (Fsp3) is 0.190. The maximum Gasteiger partial charge on any atom is 0.335 e. The molecule has 2 atom stereocenters. The van der Waals surface area contributed by atoms with Gasteiger partial charge in [0.05, 0.1) is 5.38 Å². The van der Waals surface area contributed by atoms with Gasteiger partial charge in [0.1, 0.15) is 23.0 Å². The molecule has 3 aliphatic rings. The largest absolute Gasteiger partial charge is 0.508 e. The minimum atomic E-state index is -1.66. The van der Waals surface area contributed by atoms with E-state index < -0.39 is 21.8 Å². The van der Waals surface area contributed by atoms with Crippen molar-refractivity contribution in [3.05, 3.63) is 70.8 Å². The minimum Gasteiger partial charge on any atom is -0.508 e.